The zero-order valence-electron chi connectivity index (χ0n) is 13.3. The molecule has 3 rings (SSSR count). The van der Waals surface area contributed by atoms with Crippen molar-refractivity contribution in [2.24, 2.45) is 0 Å². The third-order valence-corrected chi connectivity index (χ3v) is 4.13. The average molecular weight is 290 g/mol. The summed E-state index contributed by atoms with van der Waals surface area (Å²) in [4.78, 5) is 11.6. The molecule has 2 heterocycles. The molecule has 0 aromatic carbocycles. The third-order valence-electron chi connectivity index (χ3n) is 4.13. The molecule has 1 N–H and O–H groups in total. The minimum Gasteiger partial charge on any atom is -0.374 e. The van der Waals surface area contributed by atoms with Crippen LogP contribution in [0.5, 0.6) is 0 Å². The van der Waals surface area contributed by atoms with E-state index < -0.39 is 0 Å². The lowest BCUT2D eigenvalue weighted by atomic mass is 10.2. The predicted molar refractivity (Wildman–Crippen MR) is 83.7 cm³/mol. The Morgan fingerprint density at radius 3 is 2.90 bits per heavy atom. The first-order chi connectivity index (χ1) is 10.1. The first-order valence-electron chi connectivity index (χ1n) is 8.07. The van der Waals surface area contributed by atoms with E-state index in [9.17, 15) is 0 Å². The van der Waals surface area contributed by atoms with E-state index >= 15 is 0 Å². The van der Waals surface area contributed by atoms with E-state index in [1.165, 1.54) is 12.8 Å². The molecule has 1 aliphatic heterocycles. The van der Waals surface area contributed by atoms with Crippen molar-refractivity contribution in [3.8, 4) is 0 Å². The summed E-state index contributed by atoms with van der Waals surface area (Å²) in [5.74, 6) is 2.17. The molecule has 1 saturated carbocycles. The van der Waals surface area contributed by atoms with E-state index in [0.29, 0.717) is 5.92 Å². The van der Waals surface area contributed by atoms with Gasteiger partial charge in [-0.25, -0.2) is 9.97 Å². The fraction of sp³-hybridized carbons (Fsp3) is 0.750. The van der Waals surface area contributed by atoms with Crippen molar-refractivity contribution in [1.82, 2.24) is 14.9 Å². The highest BCUT2D eigenvalue weighted by molar-refractivity contribution is 5.36. The molecule has 0 spiro atoms. The number of anilines is 1. The van der Waals surface area contributed by atoms with E-state index in [1.807, 2.05) is 13.0 Å². The van der Waals surface area contributed by atoms with Crippen molar-refractivity contribution in [2.45, 2.75) is 51.7 Å². The van der Waals surface area contributed by atoms with E-state index in [-0.39, 0.29) is 6.10 Å². The monoisotopic (exact) mass is 290 g/mol. The first kappa shape index (κ1) is 14.7. The van der Waals surface area contributed by atoms with Crippen molar-refractivity contribution in [2.75, 3.05) is 31.6 Å². The molecule has 1 aromatic rings. The molecule has 5 heteroatoms. The minimum atomic E-state index is 0.261. The van der Waals surface area contributed by atoms with Gasteiger partial charge in [0.2, 0.25) is 0 Å². The Balaban J connectivity index is 1.56. The summed E-state index contributed by atoms with van der Waals surface area (Å²) in [6.45, 7) is 10.1. The molecule has 21 heavy (non-hydrogen) atoms. The highest BCUT2D eigenvalue weighted by atomic mass is 16.5. The van der Waals surface area contributed by atoms with Crippen LogP contribution in [0.25, 0.3) is 0 Å². The summed E-state index contributed by atoms with van der Waals surface area (Å²) in [5, 5.41) is 3.43. The van der Waals surface area contributed by atoms with Crippen molar-refractivity contribution in [3.63, 3.8) is 0 Å². The molecule has 1 aromatic heterocycles. The van der Waals surface area contributed by atoms with Gasteiger partial charge in [0.25, 0.3) is 0 Å². The van der Waals surface area contributed by atoms with Crippen molar-refractivity contribution in [3.05, 3.63) is 17.6 Å². The second kappa shape index (κ2) is 6.28. The average Bonchev–Trinajstić information content (AvgIpc) is 3.29. The van der Waals surface area contributed by atoms with Crippen molar-refractivity contribution < 1.29 is 4.74 Å². The Morgan fingerprint density at radius 1 is 1.38 bits per heavy atom. The van der Waals surface area contributed by atoms with Gasteiger partial charge in [0.05, 0.1) is 12.7 Å². The van der Waals surface area contributed by atoms with E-state index in [2.05, 4.69) is 34.0 Å². The molecule has 1 atom stereocenters. The largest absolute Gasteiger partial charge is 0.374 e. The molecule has 1 saturated heterocycles. The van der Waals surface area contributed by atoms with Crippen LogP contribution in [0.15, 0.2) is 6.07 Å². The topological polar surface area (TPSA) is 50.3 Å². The second-order valence-corrected chi connectivity index (χ2v) is 6.51. The maximum absolute atomic E-state index is 5.87. The van der Waals surface area contributed by atoms with Gasteiger partial charge in [-0.15, -0.1) is 0 Å². The number of aromatic nitrogens is 2. The highest BCUT2D eigenvalue weighted by Crippen LogP contribution is 2.28. The molecule has 1 unspecified atom stereocenters. The van der Waals surface area contributed by atoms with Gasteiger partial charge < -0.3 is 10.1 Å². The van der Waals surface area contributed by atoms with Gasteiger partial charge in [0, 0.05) is 43.4 Å². The molecular weight excluding hydrogens is 264 g/mol. The predicted octanol–water partition coefficient (Wildman–Crippen LogP) is 2.18. The normalized spacial score (nSPS) is 23.5. The van der Waals surface area contributed by atoms with Crippen LogP contribution in [-0.2, 0) is 4.74 Å². The summed E-state index contributed by atoms with van der Waals surface area (Å²) in [7, 11) is 0. The summed E-state index contributed by atoms with van der Waals surface area (Å²) < 4.78 is 5.87. The lowest BCUT2D eigenvalue weighted by Gasteiger charge is -2.33. The number of aryl methyl sites for hydroxylation is 1. The standard InChI is InChI=1S/C16H26N4O/c1-11(2)16-18-12(3)8-15(19-16)17-9-14-10-20(6-7-21-14)13-4-5-13/h8,11,13-14H,4-7,9-10H2,1-3H3,(H,17,18,19). The van der Waals surface area contributed by atoms with Gasteiger partial charge in [0.1, 0.15) is 11.6 Å². The fourth-order valence-corrected chi connectivity index (χ4v) is 2.80. The van der Waals surface area contributed by atoms with Crippen LogP contribution >= 0.6 is 0 Å². The number of ether oxygens (including phenoxy) is 1. The lowest BCUT2D eigenvalue weighted by molar-refractivity contribution is -0.0241. The summed E-state index contributed by atoms with van der Waals surface area (Å²) in [6, 6.07) is 2.83. The smallest absolute Gasteiger partial charge is 0.133 e. The summed E-state index contributed by atoms with van der Waals surface area (Å²) >= 11 is 0. The summed E-state index contributed by atoms with van der Waals surface area (Å²) in [5.41, 5.74) is 1.01. The molecular formula is C16H26N4O. The number of hydrogen-bond acceptors (Lipinski definition) is 5. The minimum absolute atomic E-state index is 0.261. The molecule has 2 aliphatic rings. The van der Waals surface area contributed by atoms with Crippen LogP contribution in [0, 0.1) is 6.92 Å². The van der Waals surface area contributed by atoms with Crippen LogP contribution < -0.4 is 5.32 Å². The van der Waals surface area contributed by atoms with Crippen LogP contribution in [-0.4, -0.2) is 53.3 Å². The highest BCUT2D eigenvalue weighted by Gasteiger charge is 2.32. The van der Waals surface area contributed by atoms with Crippen LogP contribution in [0.2, 0.25) is 0 Å². The number of morpholine rings is 1. The number of hydrogen-bond donors (Lipinski definition) is 1. The van der Waals surface area contributed by atoms with E-state index in [1.54, 1.807) is 0 Å². The first-order valence-corrected chi connectivity index (χ1v) is 8.07. The SMILES string of the molecule is Cc1cc(NCC2CN(C3CC3)CCO2)nc(C(C)C)n1. The molecule has 0 amide bonds. The fourth-order valence-electron chi connectivity index (χ4n) is 2.80. The van der Waals surface area contributed by atoms with Gasteiger partial charge in [-0.2, -0.15) is 0 Å². The van der Waals surface area contributed by atoms with E-state index in [4.69, 9.17) is 4.74 Å². The molecule has 116 valence electrons. The molecule has 2 fully saturated rings. The summed E-state index contributed by atoms with van der Waals surface area (Å²) in [6.07, 6.45) is 2.99. The van der Waals surface area contributed by atoms with Gasteiger partial charge >= 0.3 is 0 Å². The zero-order chi connectivity index (χ0) is 14.8. The zero-order valence-corrected chi connectivity index (χ0v) is 13.3. The van der Waals surface area contributed by atoms with Gasteiger partial charge in [0.15, 0.2) is 0 Å². The molecule has 5 nitrogen and oxygen atoms in total. The Morgan fingerprint density at radius 2 is 2.19 bits per heavy atom. The molecule has 0 bridgehead atoms. The Hall–Kier alpha value is -1.20. The maximum Gasteiger partial charge on any atom is 0.133 e. The van der Waals surface area contributed by atoms with Gasteiger partial charge in [-0.1, -0.05) is 13.8 Å². The number of nitrogens with zero attached hydrogens (tertiary/aromatic N) is 3. The number of rotatable bonds is 5. The second-order valence-electron chi connectivity index (χ2n) is 6.51. The van der Waals surface area contributed by atoms with Crippen LogP contribution in [0.4, 0.5) is 5.82 Å². The van der Waals surface area contributed by atoms with Crippen molar-refractivity contribution in [1.29, 1.82) is 0 Å². The molecule has 0 radical (unpaired) electrons. The number of nitrogens with one attached hydrogen (secondary N) is 1. The van der Waals surface area contributed by atoms with Gasteiger partial charge in [-0.05, 0) is 19.8 Å². The maximum atomic E-state index is 5.87. The van der Waals surface area contributed by atoms with Gasteiger partial charge in [-0.3, -0.25) is 4.90 Å². The van der Waals surface area contributed by atoms with Crippen molar-refractivity contribution >= 4 is 5.82 Å². The quantitative estimate of drug-likeness (QED) is 0.901. The Bertz CT molecular complexity index is 487. The lowest BCUT2D eigenvalue weighted by Crippen LogP contribution is -2.46. The Kier molecular flexibility index (Phi) is 4.40. The Labute approximate surface area is 127 Å². The van der Waals surface area contributed by atoms with E-state index in [0.717, 1.165) is 49.6 Å². The van der Waals surface area contributed by atoms with Crippen LogP contribution in [0.3, 0.4) is 0 Å². The van der Waals surface area contributed by atoms with Crippen LogP contribution in [0.1, 0.15) is 44.1 Å². The third kappa shape index (κ3) is 3.92. The molecule has 1 aliphatic carbocycles.